The van der Waals surface area contributed by atoms with E-state index in [1.807, 2.05) is 0 Å². The van der Waals surface area contributed by atoms with Gasteiger partial charge in [-0.1, -0.05) is 35.3 Å². The van der Waals surface area contributed by atoms with Crippen LogP contribution in [0.5, 0.6) is 0 Å². The molecule has 7 heteroatoms. The Kier molecular flexibility index (Phi) is 3.34. The summed E-state index contributed by atoms with van der Waals surface area (Å²) in [6, 6.07) is 8.67. The Morgan fingerprint density at radius 1 is 0.952 bits per heavy atom. The van der Waals surface area contributed by atoms with Crippen LogP contribution < -0.4 is 0 Å². The van der Waals surface area contributed by atoms with Gasteiger partial charge in [-0.3, -0.25) is 4.40 Å². The van der Waals surface area contributed by atoms with Crippen LogP contribution in [0.2, 0.25) is 10.0 Å². The van der Waals surface area contributed by atoms with E-state index in [-0.39, 0.29) is 5.65 Å². The molecule has 108 valence electrons. The van der Waals surface area contributed by atoms with Crippen LogP contribution in [-0.4, -0.2) is 9.38 Å². The molecule has 0 spiro atoms. The maximum absolute atomic E-state index is 13.0. The van der Waals surface area contributed by atoms with Crippen LogP contribution in [0, 0.1) is 0 Å². The lowest BCUT2D eigenvalue weighted by Gasteiger charge is -2.08. The van der Waals surface area contributed by atoms with Crippen LogP contribution in [0.1, 0.15) is 5.69 Å². The molecule has 0 saturated carbocycles. The second kappa shape index (κ2) is 4.93. The first-order valence-electron chi connectivity index (χ1n) is 5.87. The molecule has 0 aliphatic carbocycles. The zero-order chi connectivity index (χ0) is 15.2. The molecule has 2 nitrogen and oxygen atoms in total. The summed E-state index contributed by atoms with van der Waals surface area (Å²) in [5.41, 5.74) is 0.0812. The summed E-state index contributed by atoms with van der Waals surface area (Å²) in [5, 5.41) is 0.666. The third-order valence-corrected chi connectivity index (χ3v) is 3.63. The molecule has 0 radical (unpaired) electrons. The van der Waals surface area contributed by atoms with Gasteiger partial charge in [0, 0.05) is 11.8 Å². The van der Waals surface area contributed by atoms with Gasteiger partial charge in [-0.15, -0.1) is 0 Å². The van der Waals surface area contributed by atoms with Crippen molar-refractivity contribution < 1.29 is 13.2 Å². The highest BCUT2D eigenvalue weighted by molar-refractivity contribution is 6.39. The van der Waals surface area contributed by atoms with E-state index in [2.05, 4.69) is 4.98 Å². The van der Waals surface area contributed by atoms with Gasteiger partial charge in [0.1, 0.15) is 11.3 Å². The largest absolute Gasteiger partial charge is 0.431 e. The molecule has 0 fully saturated rings. The van der Waals surface area contributed by atoms with Gasteiger partial charge < -0.3 is 0 Å². The summed E-state index contributed by atoms with van der Waals surface area (Å²) < 4.78 is 39.9. The lowest BCUT2D eigenvalue weighted by atomic mass is 10.2. The SMILES string of the molecule is FC(F)(F)c1cccc2nc(-c3c(Cl)cccc3Cl)cn12. The molecule has 0 atom stereocenters. The number of hydrogen-bond acceptors (Lipinski definition) is 1. The van der Waals surface area contributed by atoms with Crippen LogP contribution >= 0.6 is 23.2 Å². The lowest BCUT2D eigenvalue weighted by Crippen LogP contribution is -2.10. The molecule has 2 aromatic heterocycles. The summed E-state index contributed by atoms with van der Waals surface area (Å²) in [4.78, 5) is 4.17. The number of pyridine rings is 1. The summed E-state index contributed by atoms with van der Waals surface area (Å²) >= 11 is 12.1. The zero-order valence-corrected chi connectivity index (χ0v) is 11.8. The predicted molar refractivity (Wildman–Crippen MR) is 75.7 cm³/mol. The van der Waals surface area contributed by atoms with Crippen LogP contribution in [0.25, 0.3) is 16.9 Å². The molecule has 3 aromatic rings. The Bertz CT molecular complexity index is 804. The number of rotatable bonds is 1. The van der Waals surface area contributed by atoms with Crippen molar-refractivity contribution in [2.24, 2.45) is 0 Å². The van der Waals surface area contributed by atoms with Crippen LogP contribution in [0.4, 0.5) is 13.2 Å². The second-order valence-corrected chi connectivity index (χ2v) is 5.17. The minimum Gasteiger partial charge on any atom is -0.295 e. The van der Waals surface area contributed by atoms with Crippen molar-refractivity contribution in [3.8, 4) is 11.3 Å². The van der Waals surface area contributed by atoms with Crippen LogP contribution in [0.15, 0.2) is 42.6 Å². The Morgan fingerprint density at radius 2 is 1.57 bits per heavy atom. The Labute approximate surface area is 127 Å². The summed E-state index contributed by atoms with van der Waals surface area (Å²) in [5.74, 6) is 0. The third-order valence-electron chi connectivity index (χ3n) is 3.00. The van der Waals surface area contributed by atoms with E-state index in [4.69, 9.17) is 23.2 Å². The molecule has 1 aromatic carbocycles. The Morgan fingerprint density at radius 3 is 2.19 bits per heavy atom. The molecule has 0 aliphatic rings. The van der Waals surface area contributed by atoms with Gasteiger partial charge in [-0.25, -0.2) is 4.98 Å². The predicted octanol–water partition coefficient (Wildman–Crippen LogP) is 5.33. The maximum atomic E-state index is 13.0. The van der Waals surface area contributed by atoms with Gasteiger partial charge in [0.05, 0.1) is 15.7 Å². The van der Waals surface area contributed by atoms with Crippen molar-refractivity contribution in [1.82, 2.24) is 9.38 Å². The molecule has 0 amide bonds. The normalized spacial score (nSPS) is 12.0. The molecule has 2 heterocycles. The number of nitrogens with zero attached hydrogens (tertiary/aromatic N) is 2. The van der Waals surface area contributed by atoms with E-state index < -0.39 is 11.9 Å². The number of imidazole rings is 1. The topological polar surface area (TPSA) is 17.3 Å². The van der Waals surface area contributed by atoms with Crippen molar-refractivity contribution >= 4 is 28.8 Å². The highest BCUT2D eigenvalue weighted by atomic mass is 35.5. The summed E-state index contributed by atoms with van der Waals surface area (Å²) in [6.45, 7) is 0. The van der Waals surface area contributed by atoms with E-state index in [1.54, 1.807) is 18.2 Å². The minimum atomic E-state index is -4.47. The van der Waals surface area contributed by atoms with Crippen molar-refractivity contribution in [3.63, 3.8) is 0 Å². The van der Waals surface area contributed by atoms with Crippen molar-refractivity contribution in [2.45, 2.75) is 6.18 Å². The van der Waals surface area contributed by atoms with E-state index in [0.29, 0.717) is 21.3 Å². The van der Waals surface area contributed by atoms with Crippen LogP contribution in [-0.2, 0) is 6.18 Å². The van der Waals surface area contributed by atoms with E-state index >= 15 is 0 Å². The van der Waals surface area contributed by atoms with Crippen molar-refractivity contribution in [2.75, 3.05) is 0 Å². The fraction of sp³-hybridized carbons (Fsp3) is 0.0714. The average molecular weight is 331 g/mol. The quantitative estimate of drug-likeness (QED) is 0.589. The van der Waals surface area contributed by atoms with Gasteiger partial charge >= 0.3 is 6.18 Å². The summed E-state index contributed by atoms with van der Waals surface area (Å²) in [6.07, 6.45) is -3.19. The maximum Gasteiger partial charge on any atom is 0.431 e. The van der Waals surface area contributed by atoms with Gasteiger partial charge in [0.25, 0.3) is 0 Å². The highest BCUT2D eigenvalue weighted by Crippen LogP contribution is 2.36. The lowest BCUT2D eigenvalue weighted by molar-refractivity contribution is -0.142. The number of halogens is 5. The fourth-order valence-corrected chi connectivity index (χ4v) is 2.70. The fourth-order valence-electron chi connectivity index (χ4n) is 2.10. The molecule has 0 unspecified atom stereocenters. The molecular weight excluding hydrogens is 324 g/mol. The van der Waals surface area contributed by atoms with Gasteiger partial charge in [-0.2, -0.15) is 13.2 Å². The second-order valence-electron chi connectivity index (χ2n) is 4.36. The molecule has 0 saturated heterocycles. The number of alkyl halides is 3. The molecule has 21 heavy (non-hydrogen) atoms. The smallest absolute Gasteiger partial charge is 0.295 e. The molecule has 0 bridgehead atoms. The van der Waals surface area contributed by atoms with Crippen molar-refractivity contribution in [3.05, 3.63) is 58.3 Å². The average Bonchev–Trinajstić information content (AvgIpc) is 2.80. The number of hydrogen-bond donors (Lipinski definition) is 0. The first kappa shape index (κ1) is 14.2. The van der Waals surface area contributed by atoms with Crippen LogP contribution in [0.3, 0.4) is 0 Å². The first-order chi connectivity index (χ1) is 9.88. The standard InChI is InChI=1S/C14H7Cl2F3N2/c15-8-3-1-4-9(16)13(8)10-7-21-11(14(17,18)19)5-2-6-12(21)20-10/h1-7H. The van der Waals surface area contributed by atoms with E-state index in [1.165, 1.54) is 18.3 Å². The van der Waals surface area contributed by atoms with Gasteiger partial charge in [0.15, 0.2) is 0 Å². The monoisotopic (exact) mass is 330 g/mol. The molecule has 0 N–H and O–H groups in total. The van der Waals surface area contributed by atoms with E-state index in [0.717, 1.165) is 10.5 Å². The van der Waals surface area contributed by atoms with Gasteiger partial charge in [-0.05, 0) is 24.3 Å². The summed E-state index contributed by atoms with van der Waals surface area (Å²) in [7, 11) is 0. The molecule has 3 rings (SSSR count). The Balaban J connectivity index is 2.28. The van der Waals surface area contributed by atoms with Gasteiger partial charge in [0.2, 0.25) is 0 Å². The minimum absolute atomic E-state index is 0.177. The molecule has 0 aliphatic heterocycles. The van der Waals surface area contributed by atoms with E-state index in [9.17, 15) is 13.2 Å². The zero-order valence-electron chi connectivity index (χ0n) is 10.3. The number of benzene rings is 1. The highest BCUT2D eigenvalue weighted by Gasteiger charge is 2.33. The number of fused-ring (bicyclic) bond motifs is 1. The molecular formula is C14H7Cl2F3N2. The number of aromatic nitrogens is 2. The Hall–Kier alpha value is -1.72. The third kappa shape index (κ3) is 2.47. The van der Waals surface area contributed by atoms with Crippen molar-refractivity contribution in [1.29, 1.82) is 0 Å². The first-order valence-corrected chi connectivity index (χ1v) is 6.63.